The minimum absolute atomic E-state index is 0.0285. The summed E-state index contributed by atoms with van der Waals surface area (Å²) < 4.78 is 2.33. The van der Waals surface area contributed by atoms with Crippen LogP contribution in [0.1, 0.15) is 34.5 Å². The molecule has 0 amide bonds. The summed E-state index contributed by atoms with van der Waals surface area (Å²) in [6.07, 6.45) is 3.19. The third-order valence-corrected chi connectivity index (χ3v) is 4.65. The molecule has 0 bridgehead atoms. The summed E-state index contributed by atoms with van der Waals surface area (Å²) in [7, 11) is 0. The van der Waals surface area contributed by atoms with Gasteiger partial charge in [-0.1, -0.05) is 18.2 Å². The van der Waals surface area contributed by atoms with Crippen LogP contribution in [0.5, 0.6) is 0 Å². The Balaban J connectivity index is 1.93. The van der Waals surface area contributed by atoms with Crippen molar-refractivity contribution in [1.82, 2.24) is 9.88 Å². The molecule has 1 N–H and O–H groups in total. The SMILES string of the molecule is Cc1c(C(=O)C2CCCN2)c2cccc3c2n1CC3. The third-order valence-electron chi connectivity index (χ3n) is 4.65. The van der Waals surface area contributed by atoms with Gasteiger partial charge in [-0.15, -0.1) is 0 Å². The second-order valence-corrected chi connectivity index (χ2v) is 5.69. The lowest BCUT2D eigenvalue weighted by Crippen LogP contribution is -2.31. The van der Waals surface area contributed by atoms with Crippen molar-refractivity contribution in [3.63, 3.8) is 0 Å². The van der Waals surface area contributed by atoms with Crippen molar-refractivity contribution in [3.8, 4) is 0 Å². The standard InChI is InChI=1S/C16H18N2O/c1-10-14(16(19)13-6-3-8-17-13)12-5-2-4-11-7-9-18(10)15(11)12/h2,4-5,13,17H,3,6-9H2,1H3. The number of aromatic nitrogens is 1. The molecule has 1 aromatic heterocycles. The second-order valence-electron chi connectivity index (χ2n) is 5.69. The van der Waals surface area contributed by atoms with Gasteiger partial charge in [0, 0.05) is 23.2 Å². The average Bonchev–Trinajstić information content (AvgIpc) is 3.13. The fourth-order valence-corrected chi connectivity index (χ4v) is 3.72. The average molecular weight is 254 g/mol. The van der Waals surface area contributed by atoms with Gasteiger partial charge in [0.1, 0.15) is 0 Å². The molecule has 1 fully saturated rings. The van der Waals surface area contributed by atoms with E-state index >= 15 is 0 Å². The Kier molecular flexibility index (Phi) is 2.33. The number of carbonyl (C=O) groups excluding carboxylic acids is 1. The Hall–Kier alpha value is -1.61. The number of carbonyl (C=O) groups is 1. The number of ketones is 1. The predicted octanol–water partition coefficient (Wildman–Crippen LogP) is 2.44. The molecule has 1 saturated heterocycles. The quantitative estimate of drug-likeness (QED) is 0.835. The number of benzene rings is 1. The van der Waals surface area contributed by atoms with Crippen LogP contribution in [0.15, 0.2) is 18.2 Å². The summed E-state index contributed by atoms with van der Waals surface area (Å²) in [5, 5.41) is 4.49. The molecule has 19 heavy (non-hydrogen) atoms. The highest BCUT2D eigenvalue weighted by Crippen LogP contribution is 2.34. The van der Waals surface area contributed by atoms with Gasteiger partial charge >= 0.3 is 0 Å². The van der Waals surface area contributed by atoms with Crippen molar-refractivity contribution >= 4 is 16.7 Å². The van der Waals surface area contributed by atoms with Gasteiger partial charge in [-0.3, -0.25) is 4.79 Å². The van der Waals surface area contributed by atoms with E-state index in [4.69, 9.17) is 0 Å². The van der Waals surface area contributed by atoms with Crippen molar-refractivity contribution < 1.29 is 4.79 Å². The molecule has 1 atom stereocenters. The molecule has 3 nitrogen and oxygen atoms in total. The van der Waals surface area contributed by atoms with Gasteiger partial charge in [-0.2, -0.15) is 0 Å². The summed E-state index contributed by atoms with van der Waals surface area (Å²) in [5.41, 5.74) is 4.79. The maximum Gasteiger partial charge on any atom is 0.182 e. The number of hydrogen-bond donors (Lipinski definition) is 1. The van der Waals surface area contributed by atoms with Crippen LogP contribution in [0.4, 0.5) is 0 Å². The van der Waals surface area contributed by atoms with Crippen LogP contribution < -0.4 is 5.32 Å². The zero-order chi connectivity index (χ0) is 13.0. The smallest absolute Gasteiger partial charge is 0.182 e. The molecule has 4 rings (SSSR count). The van der Waals surface area contributed by atoms with Gasteiger partial charge in [0.25, 0.3) is 0 Å². The van der Waals surface area contributed by atoms with Crippen LogP contribution in [-0.4, -0.2) is 22.9 Å². The van der Waals surface area contributed by atoms with Crippen molar-refractivity contribution in [1.29, 1.82) is 0 Å². The molecule has 2 aromatic rings. The Bertz CT molecular complexity index is 678. The van der Waals surface area contributed by atoms with E-state index < -0.39 is 0 Å². The van der Waals surface area contributed by atoms with E-state index in [0.29, 0.717) is 0 Å². The minimum atomic E-state index is 0.0285. The van der Waals surface area contributed by atoms with E-state index in [9.17, 15) is 4.79 Å². The van der Waals surface area contributed by atoms with Crippen LogP contribution in [0.2, 0.25) is 0 Å². The van der Waals surface area contributed by atoms with Gasteiger partial charge < -0.3 is 9.88 Å². The van der Waals surface area contributed by atoms with Crippen LogP contribution in [0.3, 0.4) is 0 Å². The number of hydrogen-bond acceptors (Lipinski definition) is 2. The van der Waals surface area contributed by atoms with E-state index in [1.54, 1.807) is 0 Å². The highest BCUT2D eigenvalue weighted by Gasteiger charge is 2.30. The van der Waals surface area contributed by atoms with Gasteiger partial charge in [-0.25, -0.2) is 0 Å². The first kappa shape index (κ1) is 11.2. The first-order valence-electron chi connectivity index (χ1n) is 7.15. The molecule has 98 valence electrons. The number of para-hydroxylation sites is 1. The van der Waals surface area contributed by atoms with Crippen LogP contribution in [0, 0.1) is 6.92 Å². The van der Waals surface area contributed by atoms with Crippen LogP contribution in [-0.2, 0) is 13.0 Å². The van der Waals surface area contributed by atoms with Crippen LogP contribution in [0.25, 0.3) is 10.9 Å². The number of rotatable bonds is 2. The van der Waals surface area contributed by atoms with Crippen molar-refractivity contribution in [2.75, 3.05) is 6.54 Å². The van der Waals surface area contributed by atoms with Crippen molar-refractivity contribution in [2.45, 2.75) is 38.8 Å². The van der Waals surface area contributed by atoms with Crippen LogP contribution >= 0.6 is 0 Å². The maximum absolute atomic E-state index is 12.8. The molecule has 0 radical (unpaired) electrons. The zero-order valence-electron chi connectivity index (χ0n) is 11.2. The van der Waals surface area contributed by atoms with Crippen molar-refractivity contribution in [3.05, 3.63) is 35.0 Å². The zero-order valence-corrected chi connectivity index (χ0v) is 11.2. The predicted molar refractivity (Wildman–Crippen MR) is 75.7 cm³/mol. The topological polar surface area (TPSA) is 34.0 Å². The lowest BCUT2D eigenvalue weighted by Gasteiger charge is -2.10. The molecular weight excluding hydrogens is 236 g/mol. The fraction of sp³-hybridized carbons (Fsp3) is 0.438. The fourth-order valence-electron chi connectivity index (χ4n) is 3.72. The van der Waals surface area contributed by atoms with Crippen molar-refractivity contribution in [2.24, 2.45) is 0 Å². The van der Waals surface area contributed by atoms with Gasteiger partial charge in [-0.05, 0) is 38.3 Å². The second kappa shape index (κ2) is 3.94. The van der Waals surface area contributed by atoms with E-state index in [-0.39, 0.29) is 11.8 Å². The molecule has 0 saturated carbocycles. The molecular formula is C16H18N2O. The van der Waals surface area contributed by atoms with Gasteiger partial charge in [0.2, 0.25) is 0 Å². The molecule has 2 aliphatic rings. The molecule has 2 aliphatic heterocycles. The Morgan fingerprint density at radius 2 is 2.32 bits per heavy atom. The molecule has 3 heteroatoms. The summed E-state index contributed by atoms with van der Waals surface area (Å²) in [4.78, 5) is 12.8. The molecule has 0 spiro atoms. The lowest BCUT2D eigenvalue weighted by atomic mass is 9.98. The number of nitrogens with one attached hydrogen (secondary N) is 1. The van der Waals surface area contributed by atoms with E-state index in [1.807, 2.05) is 0 Å². The molecule has 3 heterocycles. The molecule has 0 aliphatic carbocycles. The summed E-state index contributed by atoms with van der Waals surface area (Å²) in [5.74, 6) is 0.290. The Labute approximate surface area is 112 Å². The number of Topliss-reactive ketones (excluding diaryl/α,β-unsaturated/α-hetero) is 1. The normalized spacial score (nSPS) is 21.4. The van der Waals surface area contributed by atoms with Gasteiger partial charge in [0.15, 0.2) is 5.78 Å². The molecule has 1 unspecified atom stereocenters. The first-order valence-corrected chi connectivity index (χ1v) is 7.15. The van der Waals surface area contributed by atoms with E-state index in [1.165, 1.54) is 11.1 Å². The summed E-state index contributed by atoms with van der Waals surface area (Å²) >= 11 is 0. The van der Waals surface area contributed by atoms with E-state index in [2.05, 4.69) is 35.0 Å². The number of nitrogens with zero attached hydrogens (tertiary/aromatic N) is 1. The number of aryl methyl sites for hydroxylation is 2. The highest BCUT2D eigenvalue weighted by atomic mass is 16.1. The Morgan fingerprint density at radius 1 is 1.42 bits per heavy atom. The Morgan fingerprint density at radius 3 is 3.11 bits per heavy atom. The van der Waals surface area contributed by atoms with Gasteiger partial charge in [0.05, 0.1) is 11.6 Å². The summed E-state index contributed by atoms with van der Waals surface area (Å²) in [6, 6.07) is 6.41. The third kappa shape index (κ3) is 1.45. The molecule has 1 aromatic carbocycles. The van der Waals surface area contributed by atoms with E-state index in [0.717, 1.165) is 49.0 Å². The summed E-state index contributed by atoms with van der Waals surface area (Å²) in [6.45, 7) is 4.09. The highest BCUT2D eigenvalue weighted by molar-refractivity contribution is 6.12. The largest absolute Gasteiger partial charge is 0.344 e. The minimum Gasteiger partial charge on any atom is -0.344 e. The monoisotopic (exact) mass is 254 g/mol. The lowest BCUT2D eigenvalue weighted by molar-refractivity contribution is 0.0953. The maximum atomic E-state index is 12.8. The first-order chi connectivity index (χ1) is 9.27.